The Kier molecular flexibility index (Phi) is 10.1. The number of guanidine groups is 1. The van der Waals surface area contributed by atoms with Crippen molar-refractivity contribution in [3.05, 3.63) is 0 Å². The fraction of sp³-hybridized carbons (Fsp3) is 0.842. The Bertz CT molecular complexity index is 498. The molecule has 8 nitrogen and oxygen atoms in total. The maximum absolute atomic E-state index is 12.1. The molecule has 156 valence electrons. The molecule has 0 saturated carbocycles. The molecule has 4 N–H and O–H groups in total. The number of amides is 2. The predicted octanol–water partition coefficient (Wildman–Crippen LogP) is 0.304. The molecule has 0 atom stereocenters. The molecule has 1 rings (SSSR count). The molecule has 27 heavy (non-hydrogen) atoms. The quantitative estimate of drug-likeness (QED) is 0.340. The molecular weight excluding hydrogens is 344 g/mol. The summed E-state index contributed by atoms with van der Waals surface area (Å²) >= 11 is 0. The number of rotatable bonds is 9. The summed E-state index contributed by atoms with van der Waals surface area (Å²) < 4.78 is 0. The summed E-state index contributed by atoms with van der Waals surface area (Å²) in [4.78, 5) is 30.4. The molecule has 1 aliphatic rings. The third-order valence-electron chi connectivity index (χ3n) is 4.74. The summed E-state index contributed by atoms with van der Waals surface area (Å²) in [6.45, 7) is 11.9. The van der Waals surface area contributed by atoms with Gasteiger partial charge < -0.3 is 21.3 Å². The lowest BCUT2D eigenvalue weighted by atomic mass is 9.92. The highest BCUT2D eigenvalue weighted by Gasteiger charge is 2.28. The van der Waals surface area contributed by atoms with Gasteiger partial charge in [0.15, 0.2) is 5.96 Å². The first-order valence-electron chi connectivity index (χ1n) is 10.1. The number of carbonyl (C=O) groups excluding carboxylic acids is 2. The number of nitrogens with one attached hydrogen (secondary N) is 4. The molecule has 0 aromatic carbocycles. The molecule has 1 fully saturated rings. The van der Waals surface area contributed by atoms with Crippen LogP contribution in [0.4, 0.5) is 0 Å². The van der Waals surface area contributed by atoms with Gasteiger partial charge in [0, 0.05) is 45.8 Å². The number of hydrogen-bond acceptors (Lipinski definition) is 4. The zero-order valence-corrected chi connectivity index (χ0v) is 17.7. The first-order valence-corrected chi connectivity index (χ1v) is 10.1. The van der Waals surface area contributed by atoms with Gasteiger partial charge in [-0.05, 0) is 40.0 Å². The smallest absolute Gasteiger partial charge is 0.234 e. The molecule has 0 aromatic heterocycles. The Hall–Kier alpha value is -1.83. The zero-order valence-electron chi connectivity index (χ0n) is 17.7. The summed E-state index contributed by atoms with van der Waals surface area (Å²) in [5.74, 6) is 0.849. The van der Waals surface area contributed by atoms with E-state index in [1.165, 1.54) is 0 Å². The van der Waals surface area contributed by atoms with E-state index >= 15 is 0 Å². The van der Waals surface area contributed by atoms with Crippen molar-refractivity contribution in [3.63, 3.8) is 0 Å². The average Bonchev–Trinajstić information content (AvgIpc) is 2.65. The minimum atomic E-state index is -0.511. The minimum Gasteiger partial charge on any atom is -0.356 e. The summed E-state index contributed by atoms with van der Waals surface area (Å²) in [6.07, 6.45) is 2.88. The molecule has 0 aromatic rings. The molecule has 0 aliphatic carbocycles. The van der Waals surface area contributed by atoms with E-state index in [2.05, 4.69) is 38.1 Å². The lowest BCUT2D eigenvalue weighted by Gasteiger charge is -2.33. The largest absolute Gasteiger partial charge is 0.356 e. The third-order valence-corrected chi connectivity index (χ3v) is 4.74. The van der Waals surface area contributed by atoms with Crippen LogP contribution in [0.25, 0.3) is 0 Å². The van der Waals surface area contributed by atoms with Crippen LogP contribution < -0.4 is 21.3 Å². The monoisotopic (exact) mass is 382 g/mol. The molecule has 1 saturated heterocycles. The van der Waals surface area contributed by atoms with E-state index in [-0.39, 0.29) is 11.8 Å². The highest BCUT2D eigenvalue weighted by atomic mass is 16.2. The number of hydrogen-bond donors (Lipinski definition) is 4. The lowest BCUT2D eigenvalue weighted by Crippen LogP contribution is -2.52. The van der Waals surface area contributed by atoms with E-state index in [0.29, 0.717) is 31.6 Å². The number of nitrogens with zero attached hydrogens (tertiary/aromatic N) is 2. The number of carbonyl (C=O) groups is 2. The van der Waals surface area contributed by atoms with Gasteiger partial charge in [0.2, 0.25) is 11.8 Å². The normalized spacial score (nSPS) is 16.7. The molecular formula is C19H38N6O2. The van der Waals surface area contributed by atoms with Crippen LogP contribution in [0.3, 0.4) is 0 Å². The van der Waals surface area contributed by atoms with E-state index in [9.17, 15) is 9.59 Å². The van der Waals surface area contributed by atoms with E-state index < -0.39 is 5.41 Å². The number of likely N-dealkylation sites (tertiary alicyclic amines) is 1. The van der Waals surface area contributed by atoms with Gasteiger partial charge in [0.25, 0.3) is 0 Å². The Morgan fingerprint density at radius 3 is 2.33 bits per heavy atom. The summed E-state index contributed by atoms with van der Waals surface area (Å²) in [5.41, 5.74) is -0.511. The van der Waals surface area contributed by atoms with Crippen LogP contribution in [-0.4, -0.2) is 75.0 Å². The molecule has 1 aliphatic heterocycles. The van der Waals surface area contributed by atoms with Crippen molar-refractivity contribution in [2.24, 2.45) is 10.4 Å². The van der Waals surface area contributed by atoms with Crippen molar-refractivity contribution in [2.75, 3.05) is 46.3 Å². The number of piperidine rings is 1. The molecule has 8 heteroatoms. The van der Waals surface area contributed by atoms with Crippen molar-refractivity contribution in [1.29, 1.82) is 0 Å². The van der Waals surface area contributed by atoms with Crippen molar-refractivity contribution in [2.45, 2.75) is 53.0 Å². The molecule has 0 unspecified atom stereocenters. The van der Waals surface area contributed by atoms with Gasteiger partial charge in [-0.25, -0.2) is 0 Å². The van der Waals surface area contributed by atoms with Gasteiger partial charge in [-0.1, -0.05) is 6.92 Å². The van der Waals surface area contributed by atoms with Crippen molar-refractivity contribution in [3.8, 4) is 0 Å². The highest BCUT2D eigenvalue weighted by molar-refractivity contribution is 5.84. The van der Waals surface area contributed by atoms with Crippen LogP contribution in [0.5, 0.6) is 0 Å². The Balaban J connectivity index is 2.37. The number of aliphatic imine (C=N–C) groups is 1. The summed E-state index contributed by atoms with van der Waals surface area (Å²) in [6, 6.07) is 0.318. The average molecular weight is 383 g/mol. The van der Waals surface area contributed by atoms with Crippen LogP contribution in [0.15, 0.2) is 4.99 Å². The maximum Gasteiger partial charge on any atom is 0.234 e. The SMILES string of the molecule is CCCNC(=O)CN1CCC(NC(=NC)NCC(C)(C)C(=O)NCC)CC1. The first kappa shape index (κ1) is 23.2. The van der Waals surface area contributed by atoms with Gasteiger partial charge >= 0.3 is 0 Å². The Morgan fingerprint density at radius 2 is 1.78 bits per heavy atom. The van der Waals surface area contributed by atoms with Gasteiger partial charge in [0.1, 0.15) is 0 Å². The molecule has 0 radical (unpaired) electrons. The highest BCUT2D eigenvalue weighted by Crippen LogP contribution is 2.14. The van der Waals surface area contributed by atoms with E-state index in [1.807, 2.05) is 20.8 Å². The molecule has 0 bridgehead atoms. The predicted molar refractivity (Wildman–Crippen MR) is 110 cm³/mol. The van der Waals surface area contributed by atoms with Gasteiger partial charge in [-0.15, -0.1) is 0 Å². The Labute approximate surface area is 163 Å². The second-order valence-electron chi connectivity index (χ2n) is 7.71. The third kappa shape index (κ3) is 8.60. The first-order chi connectivity index (χ1) is 12.8. The van der Waals surface area contributed by atoms with Crippen LogP contribution in [0.1, 0.15) is 47.0 Å². The summed E-state index contributed by atoms with van der Waals surface area (Å²) in [7, 11) is 1.74. The standard InChI is InChI=1S/C19H38N6O2/c1-6-10-22-16(26)13-25-11-8-15(9-12-25)24-18(20-5)23-14-19(3,4)17(27)21-7-2/h15H,6-14H2,1-5H3,(H,21,27)(H,22,26)(H2,20,23,24). The second kappa shape index (κ2) is 11.8. The minimum absolute atomic E-state index is 0.0302. The van der Waals surface area contributed by atoms with Crippen LogP contribution in [0.2, 0.25) is 0 Å². The van der Waals surface area contributed by atoms with Gasteiger partial charge in [-0.3, -0.25) is 19.5 Å². The van der Waals surface area contributed by atoms with Crippen LogP contribution in [0, 0.1) is 5.41 Å². The molecule has 1 heterocycles. The summed E-state index contributed by atoms with van der Waals surface area (Å²) in [5, 5.41) is 12.5. The van der Waals surface area contributed by atoms with Gasteiger partial charge in [0.05, 0.1) is 12.0 Å². The fourth-order valence-electron chi connectivity index (χ4n) is 2.93. The molecule has 0 spiro atoms. The van der Waals surface area contributed by atoms with Gasteiger partial charge in [-0.2, -0.15) is 0 Å². The molecule has 2 amide bonds. The Morgan fingerprint density at radius 1 is 1.11 bits per heavy atom. The zero-order chi connectivity index (χ0) is 20.3. The maximum atomic E-state index is 12.1. The topological polar surface area (TPSA) is 97.9 Å². The lowest BCUT2D eigenvalue weighted by molar-refractivity contribution is -0.129. The van der Waals surface area contributed by atoms with E-state index in [0.717, 1.165) is 38.9 Å². The van der Waals surface area contributed by atoms with Crippen LogP contribution in [-0.2, 0) is 9.59 Å². The van der Waals surface area contributed by atoms with Crippen molar-refractivity contribution < 1.29 is 9.59 Å². The van der Waals surface area contributed by atoms with E-state index in [4.69, 9.17) is 0 Å². The van der Waals surface area contributed by atoms with Crippen LogP contribution >= 0.6 is 0 Å². The van der Waals surface area contributed by atoms with Crippen molar-refractivity contribution >= 4 is 17.8 Å². The van der Waals surface area contributed by atoms with Crippen molar-refractivity contribution in [1.82, 2.24) is 26.2 Å². The fourth-order valence-corrected chi connectivity index (χ4v) is 2.93. The van der Waals surface area contributed by atoms with E-state index in [1.54, 1.807) is 7.05 Å². The second-order valence-corrected chi connectivity index (χ2v) is 7.71.